The molecule has 1 aromatic rings. The first-order valence-corrected chi connectivity index (χ1v) is 5.51. The van der Waals surface area contributed by atoms with Crippen LogP contribution in [-0.2, 0) is 11.3 Å². The van der Waals surface area contributed by atoms with Crippen molar-refractivity contribution in [2.75, 3.05) is 6.61 Å². The first-order valence-electron chi connectivity index (χ1n) is 3.93. The summed E-state index contributed by atoms with van der Waals surface area (Å²) in [7, 11) is 0. The van der Waals surface area contributed by atoms with Crippen LogP contribution in [0.15, 0.2) is 19.9 Å². The number of rotatable bonds is 3. The van der Waals surface area contributed by atoms with Crippen LogP contribution in [0.2, 0.25) is 0 Å². The van der Waals surface area contributed by atoms with Crippen molar-refractivity contribution in [1.29, 1.82) is 0 Å². The zero-order valence-electron chi connectivity index (χ0n) is 7.59. The van der Waals surface area contributed by atoms with Crippen molar-refractivity contribution in [3.63, 3.8) is 0 Å². The van der Waals surface area contributed by atoms with E-state index in [0.717, 1.165) is 4.68 Å². The molecule has 1 rings (SSSR count). The quantitative estimate of drug-likeness (QED) is 0.825. The predicted octanol–water partition coefficient (Wildman–Crippen LogP) is 2.30. The van der Waals surface area contributed by atoms with Crippen molar-refractivity contribution in [2.24, 2.45) is 0 Å². The fourth-order valence-corrected chi connectivity index (χ4v) is 1.42. The van der Waals surface area contributed by atoms with Crippen molar-refractivity contribution in [2.45, 2.75) is 12.9 Å². The van der Waals surface area contributed by atoms with Crippen molar-refractivity contribution < 1.29 is 17.9 Å². The second-order valence-corrected chi connectivity index (χ2v) is 4.28. The van der Waals surface area contributed by atoms with Crippen LogP contribution in [0.25, 0.3) is 0 Å². The number of nitrogens with zero attached hydrogens (tertiary/aromatic N) is 2. The van der Waals surface area contributed by atoms with Crippen LogP contribution in [0.3, 0.4) is 0 Å². The Morgan fingerprint density at radius 2 is 2.06 bits per heavy atom. The Kier molecular flexibility index (Phi) is 4.51. The van der Waals surface area contributed by atoms with Crippen molar-refractivity contribution >= 4 is 31.9 Å². The summed E-state index contributed by atoms with van der Waals surface area (Å²) >= 11 is 6.02. The van der Waals surface area contributed by atoms with Gasteiger partial charge in [-0.1, -0.05) is 0 Å². The molecule has 0 amide bonds. The Bertz CT molecular complexity index is 433. The van der Waals surface area contributed by atoms with Gasteiger partial charge in [0.1, 0.15) is 4.47 Å². The lowest BCUT2D eigenvalue weighted by atomic mass is 10.5. The Labute approximate surface area is 105 Å². The molecule has 0 bridgehead atoms. The van der Waals surface area contributed by atoms with E-state index in [-0.39, 0.29) is 11.0 Å². The summed E-state index contributed by atoms with van der Waals surface area (Å²) in [5, 5.41) is 3.64. The number of hydrogen-bond acceptors (Lipinski definition) is 3. The van der Waals surface area contributed by atoms with Crippen LogP contribution in [0.4, 0.5) is 13.2 Å². The van der Waals surface area contributed by atoms with Crippen LogP contribution in [-0.4, -0.2) is 22.7 Å². The highest BCUT2D eigenvalue weighted by Crippen LogP contribution is 2.17. The zero-order chi connectivity index (χ0) is 12.3. The van der Waals surface area contributed by atoms with Gasteiger partial charge in [0, 0.05) is 0 Å². The third-order valence-corrected chi connectivity index (χ3v) is 3.41. The highest BCUT2D eigenvalue weighted by Gasteiger charge is 2.28. The second-order valence-electron chi connectivity index (χ2n) is 2.63. The zero-order valence-corrected chi connectivity index (χ0v) is 10.8. The molecule has 90 valence electrons. The molecule has 9 heteroatoms. The second kappa shape index (κ2) is 5.28. The van der Waals surface area contributed by atoms with E-state index in [1.54, 1.807) is 0 Å². The molecule has 1 heterocycles. The number of hydrogen-bond donors (Lipinski definition) is 0. The molecule has 0 aliphatic heterocycles. The molecule has 0 radical (unpaired) electrons. The summed E-state index contributed by atoms with van der Waals surface area (Å²) in [5.74, 6) is 0. The van der Waals surface area contributed by atoms with Gasteiger partial charge in [-0.25, -0.2) is 4.68 Å². The van der Waals surface area contributed by atoms with Gasteiger partial charge in [-0.2, -0.15) is 5.10 Å². The lowest BCUT2D eigenvalue weighted by molar-refractivity contribution is -0.325. The molecule has 0 atom stereocenters. The average molecular weight is 366 g/mol. The van der Waals surface area contributed by atoms with Gasteiger partial charge in [0.15, 0.2) is 0 Å². The minimum Gasteiger partial charge on any atom is -0.290 e. The third-order valence-electron chi connectivity index (χ3n) is 1.51. The summed E-state index contributed by atoms with van der Waals surface area (Å²) in [6, 6.07) is 0. The number of ether oxygens (including phenoxy) is 1. The maximum absolute atomic E-state index is 11.7. The van der Waals surface area contributed by atoms with Crippen molar-refractivity contribution in [3.05, 3.63) is 25.5 Å². The fourth-order valence-electron chi connectivity index (χ4n) is 0.852. The molecule has 4 nitrogen and oxygen atoms in total. The lowest BCUT2D eigenvalue weighted by Crippen LogP contribution is -2.27. The first-order chi connectivity index (χ1) is 7.31. The van der Waals surface area contributed by atoms with Gasteiger partial charge >= 0.3 is 6.36 Å². The predicted molar refractivity (Wildman–Crippen MR) is 55.9 cm³/mol. The molecule has 0 unspecified atom stereocenters. The van der Waals surface area contributed by atoms with Crippen LogP contribution in [0.5, 0.6) is 0 Å². The van der Waals surface area contributed by atoms with Gasteiger partial charge in [0.2, 0.25) is 0 Å². The van der Waals surface area contributed by atoms with E-state index >= 15 is 0 Å². The summed E-state index contributed by atoms with van der Waals surface area (Å²) in [4.78, 5) is 11.4. The van der Waals surface area contributed by atoms with Gasteiger partial charge < -0.3 is 0 Å². The highest BCUT2D eigenvalue weighted by atomic mass is 79.9. The molecule has 0 saturated carbocycles. The van der Waals surface area contributed by atoms with Gasteiger partial charge in [-0.05, 0) is 31.9 Å². The minimum atomic E-state index is -4.70. The molecule has 1 aromatic heterocycles. The van der Waals surface area contributed by atoms with Gasteiger partial charge in [-0.3, -0.25) is 9.53 Å². The SMILES string of the molecule is O=c1c(Br)c(Br)cnn1CCOC(F)(F)F. The molecule has 0 spiro atoms. The number of alkyl halides is 3. The van der Waals surface area contributed by atoms with Crippen molar-refractivity contribution in [1.82, 2.24) is 9.78 Å². The molecule has 0 N–H and O–H groups in total. The topological polar surface area (TPSA) is 44.1 Å². The van der Waals surface area contributed by atoms with E-state index < -0.39 is 18.5 Å². The molecular weight excluding hydrogens is 361 g/mol. The Morgan fingerprint density at radius 1 is 1.44 bits per heavy atom. The molecular formula is C7H5Br2F3N2O2. The summed E-state index contributed by atoms with van der Waals surface area (Å²) in [5.41, 5.74) is -0.528. The largest absolute Gasteiger partial charge is 0.522 e. The van der Waals surface area contributed by atoms with Crippen LogP contribution >= 0.6 is 31.9 Å². The van der Waals surface area contributed by atoms with Crippen LogP contribution in [0.1, 0.15) is 0 Å². The highest BCUT2D eigenvalue weighted by molar-refractivity contribution is 9.13. The molecule has 0 fully saturated rings. The maximum Gasteiger partial charge on any atom is 0.522 e. The Balaban J connectivity index is 2.69. The third kappa shape index (κ3) is 3.87. The Morgan fingerprint density at radius 3 is 2.62 bits per heavy atom. The summed E-state index contributed by atoms with van der Waals surface area (Å²) in [6.45, 7) is -0.936. The molecule has 0 saturated heterocycles. The van der Waals surface area contributed by atoms with Gasteiger partial charge in [0.05, 0.1) is 23.8 Å². The van der Waals surface area contributed by atoms with Gasteiger partial charge in [0.25, 0.3) is 5.56 Å². The maximum atomic E-state index is 11.7. The van der Waals surface area contributed by atoms with E-state index in [9.17, 15) is 18.0 Å². The summed E-state index contributed by atoms with van der Waals surface area (Å²) < 4.78 is 40.0. The molecule has 0 aromatic carbocycles. The molecule has 16 heavy (non-hydrogen) atoms. The van der Waals surface area contributed by atoms with Crippen LogP contribution < -0.4 is 5.56 Å². The summed E-state index contributed by atoms with van der Waals surface area (Å²) in [6.07, 6.45) is -3.39. The fraction of sp³-hybridized carbons (Fsp3) is 0.429. The Hall–Kier alpha value is -0.410. The first kappa shape index (κ1) is 13.7. The molecule has 0 aliphatic carbocycles. The van der Waals surface area contributed by atoms with Gasteiger partial charge in [-0.15, -0.1) is 13.2 Å². The van der Waals surface area contributed by atoms with Crippen LogP contribution in [0, 0.1) is 0 Å². The van der Waals surface area contributed by atoms with E-state index in [0.29, 0.717) is 4.47 Å². The standard InChI is InChI=1S/C7H5Br2F3N2O2/c8-4-3-13-14(6(15)5(4)9)1-2-16-7(10,11)12/h3H,1-2H2. The minimum absolute atomic E-state index is 0.203. The molecule has 0 aliphatic rings. The number of halogens is 5. The van der Waals surface area contributed by atoms with E-state index in [1.165, 1.54) is 6.20 Å². The number of aromatic nitrogens is 2. The van der Waals surface area contributed by atoms with E-state index in [2.05, 4.69) is 41.7 Å². The smallest absolute Gasteiger partial charge is 0.290 e. The average Bonchev–Trinajstić information content (AvgIpc) is 2.16. The van der Waals surface area contributed by atoms with E-state index in [1.807, 2.05) is 0 Å². The van der Waals surface area contributed by atoms with E-state index in [4.69, 9.17) is 0 Å². The lowest BCUT2D eigenvalue weighted by Gasteiger charge is -2.08. The van der Waals surface area contributed by atoms with Crippen molar-refractivity contribution in [3.8, 4) is 0 Å². The normalized spacial score (nSPS) is 11.8. The monoisotopic (exact) mass is 364 g/mol.